The normalized spacial score (nSPS) is 52.2. The van der Waals surface area contributed by atoms with Gasteiger partial charge in [-0.1, -0.05) is 41.5 Å². The van der Waals surface area contributed by atoms with Crippen LogP contribution in [0.15, 0.2) is 0 Å². The average molecular weight is 371 g/mol. The maximum Gasteiger partial charge on any atom is -0.0215 e. The second kappa shape index (κ2) is 5.78. The average Bonchev–Trinajstić information content (AvgIpc) is 2.91. The molecule has 8 rings (SSSR count). The summed E-state index contributed by atoms with van der Waals surface area (Å²) in [6, 6.07) is 0. The molecule has 8 saturated carbocycles. The van der Waals surface area contributed by atoms with Crippen molar-refractivity contribution in [3.63, 3.8) is 0 Å². The zero-order valence-electron chi connectivity index (χ0n) is 19.2. The minimum atomic E-state index is 0.559. The van der Waals surface area contributed by atoms with Crippen LogP contribution in [0.25, 0.3) is 0 Å². The van der Waals surface area contributed by atoms with Crippen molar-refractivity contribution in [3.05, 3.63) is 0 Å². The van der Waals surface area contributed by atoms with Crippen LogP contribution in [0.2, 0.25) is 0 Å². The lowest BCUT2D eigenvalue weighted by Crippen LogP contribution is -2.51. The highest BCUT2D eigenvalue weighted by Gasteiger charge is 2.61. The van der Waals surface area contributed by atoms with Crippen LogP contribution in [-0.4, -0.2) is 0 Å². The Morgan fingerprint density at radius 3 is 1.15 bits per heavy atom. The smallest absolute Gasteiger partial charge is 0.0215 e. The summed E-state index contributed by atoms with van der Waals surface area (Å²) in [7, 11) is 0. The lowest BCUT2D eigenvalue weighted by Gasteiger charge is -2.62. The topological polar surface area (TPSA) is 0 Å². The van der Waals surface area contributed by atoms with Crippen LogP contribution in [-0.2, 0) is 0 Å². The van der Waals surface area contributed by atoms with Gasteiger partial charge in [0.15, 0.2) is 0 Å². The Labute approximate surface area is 169 Å². The van der Waals surface area contributed by atoms with Gasteiger partial charge in [-0.2, -0.15) is 0 Å². The van der Waals surface area contributed by atoms with Crippen molar-refractivity contribution >= 4 is 0 Å². The van der Waals surface area contributed by atoms with Crippen molar-refractivity contribution in [2.75, 3.05) is 0 Å². The Morgan fingerprint density at radius 2 is 0.852 bits per heavy atom. The highest BCUT2D eigenvalue weighted by Crippen LogP contribution is 2.71. The minimum absolute atomic E-state index is 0.559. The van der Waals surface area contributed by atoms with Crippen LogP contribution in [0.1, 0.15) is 112 Å². The van der Waals surface area contributed by atoms with E-state index in [4.69, 9.17) is 0 Å². The molecule has 0 saturated heterocycles. The Bertz CT molecular complexity index is 533. The highest BCUT2D eigenvalue weighted by molar-refractivity contribution is 5.11. The van der Waals surface area contributed by atoms with E-state index in [9.17, 15) is 0 Å². The van der Waals surface area contributed by atoms with Gasteiger partial charge in [0.2, 0.25) is 0 Å². The highest BCUT2D eigenvalue weighted by atomic mass is 14.7. The van der Waals surface area contributed by atoms with E-state index in [-0.39, 0.29) is 0 Å². The molecule has 154 valence electrons. The van der Waals surface area contributed by atoms with Gasteiger partial charge in [-0.25, -0.2) is 0 Å². The first-order chi connectivity index (χ1) is 12.5. The van der Waals surface area contributed by atoms with Gasteiger partial charge >= 0.3 is 0 Å². The molecule has 8 aliphatic carbocycles. The molecule has 0 aromatic carbocycles. The summed E-state index contributed by atoms with van der Waals surface area (Å²) in [4.78, 5) is 0. The Hall–Kier alpha value is 0. The van der Waals surface area contributed by atoms with Crippen LogP contribution in [0, 0.1) is 57.2 Å². The standard InChI is InChI=1S/C14H24.C13H22/c1-13(2,3)14-7-10-4-11(8-14)6-12(5-10)9-14;1-12(2,3)13-7-9-4-10(8-13)6-11(13)5-9/h10-12H,4-9H2,1-3H3;9-11H,4-8H2,1-3H3. The molecule has 0 aliphatic heterocycles. The predicted octanol–water partition coefficient (Wildman–Crippen LogP) is 8.11. The van der Waals surface area contributed by atoms with Crippen molar-refractivity contribution < 1.29 is 0 Å². The Kier molecular flexibility index (Phi) is 4.07. The first-order valence-corrected chi connectivity index (χ1v) is 12.5. The van der Waals surface area contributed by atoms with Crippen LogP contribution in [0.5, 0.6) is 0 Å². The zero-order chi connectivity index (χ0) is 19.2. The maximum absolute atomic E-state index is 2.49. The van der Waals surface area contributed by atoms with Gasteiger partial charge in [0.05, 0.1) is 0 Å². The fourth-order valence-corrected chi connectivity index (χ4v) is 10.1. The van der Waals surface area contributed by atoms with Crippen molar-refractivity contribution in [1.82, 2.24) is 0 Å². The van der Waals surface area contributed by atoms with Crippen LogP contribution in [0.4, 0.5) is 0 Å². The molecule has 0 aromatic heterocycles. The second-order valence-corrected chi connectivity index (χ2v) is 14.4. The van der Waals surface area contributed by atoms with Crippen LogP contribution in [0.3, 0.4) is 0 Å². The van der Waals surface area contributed by atoms with Crippen molar-refractivity contribution in [2.24, 2.45) is 57.2 Å². The summed E-state index contributed by atoms with van der Waals surface area (Å²) in [5.41, 5.74) is 2.63. The van der Waals surface area contributed by atoms with Gasteiger partial charge in [0.25, 0.3) is 0 Å². The third-order valence-electron chi connectivity index (χ3n) is 11.1. The van der Waals surface area contributed by atoms with Gasteiger partial charge in [-0.05, 0) is 128 Å². The van der Waals surface area contributed by atoms with Gasteiger partial charge < -0.3 is 0 Å². The van der Waals surface area contributed by atoms with E-state index in [0.717, 1.165) is 46.3 Å². The molecule has 0 spiro atoms. The fraction of sp³-hybridized carbons (Fsp3) is 1.00. The molecule has 0 amide bonds. The molecule has 0 N–H and O–H groups in total. The zero-order valence-corrected chi connectivity index (χ0v) is 19.2. The molecule has 0 aromatic rings. The monoisotopic (exact) mass is 370 g/mol. The Balaban J connectivity index is 0.000000119. The summed E-state index contributed by atoms with van der Waals surface area (Å²) in [5, 5.41) is 0. The molecule has 8 fully saturated rings. The van der Waals surface area contributed by atoms with E-state index in [1.54, 1.807) is 70.6 Å². The summed E-state index contributed by atoms with van der Waals surface area (Å²) in [6.45, 7) is 14.9. The molecule has 8 bridgehead atoms. The van der Waals surface area contributed by atoms with Crippen molar-refractivity contribution in [2.45, 2.75) is 112 Å². The van der Waals surface area contributed by atoms with E-state index in [1.165, 1.54) is 0 Å². The van der Waals surface area contributed by atoms with E-state index >= 15 is 0 Å². The number of rotatable bonds is 0. The summed E-state index contributed by atoms with van der Waals surface area (Å²) in [6.07, 6.45) is 17.3. The largest absolute Gasteiger partial charge is 0.0596 e. The number of hydrogen-bond acceptors (Lipinski definition) is 0. The summed E-state index contributed by atoms with van der Waals surface area (Å²) in [5.74, 6) is 6.69. The van der Waals surface area contributed by atoms with Gasteiger partial charge in [-0.3, -0.25) is 0 Å². The van der Waals surface area contributed by atoms with Crippen molar-refractivity contribution in [1.29, 1.82) is 0 Å². The third kappa shape index (κ3) is 2.81. The van der Waals surface area contributed by atoms with Crippen molar-refractivity contribution in [3.8, 4) is 0 Å². The van der Waals surface area contributed by atoms with E-state index < -0.39 is 0 Å². The minimum Gasteiger partial charge on any atom is -0.0596 e. The summed E-state index contributed by atoms with van der Waals surface area (Å²) >= 11 is 0. The first kappa shape index (κ1) is 19.0. The molecule has 0 radical (unpaired) electrons. The van der Waals surface area contributed by atoms with Gasteiger partial charge in [0, 0.05) is 0 Å². The molecule has 2 atom stereocenters. The Morgan fingerprint density at radius 1 is 0.481 bits per heavy atom. The maximum atomic E-state index is 2.49. The third-order valence-corrected chi connectivity index (χ3v) is 11.1. The molecular weight excluding hydrogens is 324 g/mol. The lowest BCUT2D eigenvalue weighted by molar-refractivity contribution is -0.113. The van der Waals surface area contributed by atoms with Gasteiger partial charge in [0.1, 0.15) is 0 Å². The molecule has 0 nitrogen and oxygen atoms in total. The van der Waals surface area contributed by atoms with E-state index in [2.05, 4.69) is 41.5 Å². The first-order valence-electron chi connectivity index (χ1n) is 12.5. The summed E-state index contributed by atoms with van der Waals surface area (Å²) < 4.78 is 0. The van der Waals surface area contributed by atoms with Gasteiger partial charge in [-0.15, -0.1) is 0 Å². The van der Waals surface area contributed by atoms with E-state index in [0.29, 0.717) is 10.8 Å². The SMILES string of the molecule is CC(C)(C)C12CC3CC(CC(C3)C1)C2.CC(C)(C)C12CC3CC(CC1C3)C2. The van der Waals surface area contributed by atoms with Crippen LogP contribution >= 0.6 is 0 Å². The molecular formula is C27H46. The van der Waals surface area contributed by atoms with Crippen LogP contribution < -0.4 is 0 Å². The second-order valence-electron chi connectivity index (χ2n) is 14.4. The quantitative estimate of drug-likeness (QED) is 0.404. The number of hydrogen-bond donors (Lipinski definition) is 0. The van der Waals surface area contributed by atoms with E-state index in [1.807, 2.05) is 0 Å². The fourth-order valence-electron chi connectivity index (χ4n) is 10.1. The predicted molar refractivity (Wildman–Crippen MR) is 116 cm³/mol. The molecule has 27 heavy (non-hydrogen) atoms. The molecule has 8 aliphatic rings. The molecule has 2 unspecified atom stereocenters. The molecule has 0 heteroatoms. The molecule has 0 heterocycles. The lowest BCUT2D eigenvalue weighted by atomic mass is 9.43.